The second-order valence-corrected chi connectivity index (χ2v) is 7.99. The Hall–Kier alpha value is -0.0900. The molecule has 1 aliphatic carbocycles. The fraction of sp³-hybridized carbons (Fsp3) is 1.00. The molecule has 0 saturated heterocycles. The highest BCUT2D eigenvalue weighted by molar-refractivity contribution is 7.90. The minimum atomic E-state index is -3.16. The van der Waals surface area contributed by atoms with Gasteiger partial charge in [0.1, 0.15) is 0 Å². The molecule has 1 saturated carbocycles. The van der Waals surface area contributed by atoms with Crippen molar-refractivity contribution in [3.8, 4) is 0 Å². The molecular weight excluding hydrogens is 210 g/mol. The van der Waals surface area contributed by atoms with Crippen molar-refractivity contribution < 1.29 is 8.42 Å². The Morgan fingerprint density at radius 3 is 2.27 bits per heavy atom. The van der Waals surface area contributed by atoms with Crippen LogP contribution in [0.1, 0.15) is 53.4 Å². The standard InChI is InChI=1S/C11H23NO2S/c1-5-9-6-7-10(8-9)12-15(13,14)11(2,3)4/h9-10,12H,5-8H2,1-4H3/t9-,10?/m0/s1. The average molecular weight is 233 g/mol. The van der Waals surface area contributed by atoms with E-state index in [1.807, 2.05) is 0 Å². The summed E-state index contributed by atoms with van der Waals surface area (Å²) in [5, 5.41) is 0. The van der Waals surface area contributed by atoms with Crippen LogP contribution in [-0.4, -0.2) is 19.2 Å². The Bertz CT molecular complexity index is 303. The summed E-state index contributed by atoms with van der Waals surface area (Å²) in [7, 11) is -3.16. The molecule has 3 nitrogen and oxygen atoms in total. The van der Waals surface area contributed by atoms with Gasteiger partial charge in [0.05, 0.1) is 4.75 Å². The van der Waals surface area contributed by atoms with Gasteiger partial charge in [0.25, 0.3) is 0 Å². The largest absolute Gasteiger partial charge is 0.216 e. The Kier molecular flexibility index (Phi) is 3.82. The molecule has 0 bridgehead atoms. The molecule has 0 amide bonds. The lowest BCUT2D eigenvalue weighted by Gasteiger charge is -2.23. The lowest BCUT2D eigenvalue weighted by Crippen LogP contribution is -2.43. The smallest absolute Gasteiger partial charge is 0.212 e. The average Bonchev–Trinajstić information content (AvgIpc) is 2.49. The van der Waals surface area contributed by atoms with E-state index in [0.717, 1.165) is 25.7 Å². The van der Waals surface area contributed by atoms with Crippen LogP contribution in [0.5, 0.6) is 0 Å². The highest BCUT2D eigenvalue weighted by Crippen LogP contribution is 2.29. The predicted octanol–water partition coefficient (Wildman–Crippen LogP) is 2.28. The molecule has 90 valence electrons. The van der Waals surface area contributed by atoms with Gasteiger partial charge >= 0.3 is 0 Å². The SMILES string of the molecule is CC[C@H]1CCC(NS(=O)(=O)C(C)(C)C)C1. The van der Waals surface area contributed by atoms with E-state index in [0.29, 0.717) is 5.92 Å². The number of hydrogen-bond donors (Lipinski definition) is 1. The molecule has 1 fully saturated rings. The Morgan fingerprint density at radius 1 is 1.27 bits per heavy atom. The van der Waals surface area contributed by atoms with Gasteiger partial charge in [-0.15, -0.1) is 0 Å². The molecule has 4 heteroatoms. The summed E-state index contributed by atoms with van der Waals surface area (Å²) in [6.45, 7) is 7.38. The molecule has 2 atom stereocenters. The molecule has 0 aromatic rings. The van der Waals surface area contributed by atoms with E-state index in [1.54, 1.807) is 20.8 Å². The number of rotatable bonds is 3. The number of hydrogen-bond acceptors (Lipinski definition) is 2. The third kappa shape index (κ3) is 3.18. The molecule has 0 aliphatic heterocycles. The van der Waals surface area contributed by atoms with Gasteiger partial charge in [-0.1, -0.05) is 13.3 Å². The second kappa shape index (κ2) is 4.42. The van der Waals surface area contributed by atoms with Crippen LogP contribution < -0.4 is 4.72 Å². The highest BCUT2D eigenvalue weighted by Gasteiger charge is 2.33. The summed E-state index contributed by atoms with van der Waals surface area (Å²) in [4.78, 5) is 0. The van der Waals surface area contributed by atoms with Crippen molar-refractivity contribution in [1.29, 1.82) is 0 Å². The summed E-state index contributed by atoms with van der Waals surface area (Å²) in [6.07, 6.45) is 4.32. The van der Waals surface area contributed by atoms with Crippen LogP contribution in [0.4, 0.5) is 0 Å². The van der Waals surface area contributed by atoms with Crippen molar-refractivity contribution in [2.75, 3.05) is 0 Å². The predicted molar refractivity (Wildman–Crippen MR) is 63.2 cm³/mol. The van der Waals surface area contributed by atoms with Crippen molar-refractivity contribution in [1.82, 2.24) is 4.72 Å². The maximum atomic E-state index is 11.9. The molecule has 1 unspecified atom stereocenters. The van der Waals surface area contributed by atoms with Gasteiger partial charge in [0.2, 0.25) is 10.0 Å². The summed E-state index contributed by atoms with van der Waals surface area (Å²) < 4.78 is 25.9. The van der Waals surface area contributed by atoms with Crippen LogP contribution in [0.3, 0.4) is 0 Å². The van der Waals surface area contributed by atoms with Gasteiger partial charge in [-0.05, 0) is 46.0 Å². The Morgan fingerprint density at radius 2 is 1.87 bits per heavy atom. The first kappa shape index (κ1) is 13.0. The molecule has 0 radical (unpaired) electrons. The fourth-order valence-corrected chi connectivity index (χ4v) is 2.96. The maximum absolute atomic E-state index is 11.9. The van der Waals surface area contributed by atoms with E-state index in [4.69, 9.17) is 0 Å². The number of sulfonamides is 1. The van der Waals surface area contributed by atoms with Gasteiger partial charge in [-0.25, -0.2) is 13.1 Å². The topological polar surface area (TPSA) is 46.2 Å². The zero-order valence-electron chi connectivity index (χ0n) is 10.2. The molecule has 0 aromatic heterocycles. The number of nitrogens with one attached hydrogen (secondary N) is 1. The quantitative estimate of drug-likeness (QED) is 0.813. The van der Waals surface area contributed by atoms with Gasteiger partial charge in [-0.2, -0.15) is 0 Å². The molecule has 15 heavy (non-hydrogen) atoms. The van der Waals surface area contributed by atoms with E-state index < -0.39 is 14.8 Å². The summed E-state index contributed by atoms with van der Waals surface area (Å²) in [6, 6.07) is 0.166. The van der Waals surface area contributed by atoms with Crippen molar-refractivity contribution in [2.24, 2.45) is 5.92 Å². The molecular formula is C11H23NO2S. The first-order valence-electron chi connectivity index (χ1n) is 5.78. The van der Waals surface area contributed by atoms with Crippen LogP contribution in [0.25, 0.3) is 0 Å². The summed E-state index contributed by atoms with van der Waals surface area (Å²) >= 11 is 0. The molecule has 0 spiro atoms. The zero-order valence-corrected chi connectivity index (χ0v) is 11.0. The van der Waals surface area contributed by atoms with Crippen molar-refractivity contribution in [3.05, 3.63) is 0 Å². The van der Waals surface area contributed by atoms with Crippen LogP contribution in [-0.2, 0) is 10.0 Å². The third-order valence-electron chi connectivity index (χ3n) is 3.25. The lowest BCUT2D eigenvalue weighted by atomic mass is 10.1. The summed E-state index contributed by atoms with van der Waals surface area (Å²) in [5.41, 5.74) is 0. The van der Waals surface area contributed by atoms with Crippen LogP contribution in [0, 0.1) is 5.92 Å². The van der Waals surface area contributed by atoms with Crippen LogP contribution in [0.2, 0.25) is 0 Å². The van der Waals surface area contributed by atoms with Crippen molar-refractivity contribution in [2.45, 2.75) is 64.2 Å². The molecule has 1 N–H and O–H groups in total. The van der Waals surface area contributed by atoms with Gasteiger partial charge in [0.15, 0.2) is 0 Å². The van der Waals surface area contributed by atoms with Crippen molar-refractivity contribution in [3.63, 3.8) is 0 Å². The molecule has 1 rings (SSSR count). The van der Waals surface area contributed by atoms with E-state index in [9.17, 15) is 8.42 Å². The van der Waals surface area contributed by atoms with E-state index >= 15 is 0 Å². The molecule has 0 heterocycles. The normalized spacial score (nSPS) is 28.3. The summed E-state index contributed by atoms with van der Waals surface area (Å²) in [5.74, 6) is 0.706. The first-order valence-corrected chi connectivity index (χ1v) is 7.26. The third-order valence-corrected chi connectivity index (χ3v) is 5.50. The van der Waals surface area contributed by atoms with Crippen LogP contribution in [0.15, 0.2) is 0 Å². The minimum absolute atomic E-state index is 0.166. The van der Waals surface area contributed by atoms with Gasteiger partial charge in [-0.3, -0.25) is 0 Å². The second-order valence-electron chi connectivity index (χ2n) is 5.52. The van der Waals surface area contributed by atoms with Crippen LogP contribution >= 0.6 is 0 Å². The Balaban J connectivity index is 2.57. The zero-order chi connectivity index (χ0) is 11.7. The van der Waals surface area contributed by atoms with E-state index in [1.165, 1.54) is 0 Å². The Labute approximate surface area is 93.7 Å². The minimum Gasteiger partial charge on any atom is -0.212 e. The van der Waals surface area contributed by atoms with E-state index in [-0.39, 0.29) is 6.04 Å². The highest BCUT2D eigenvalue weighted by atomic mass is 32.2. The van der Waals surface area contributed by atoms with Crippen molar-refractivity contribution >= 4 is 10.0 Å². The van der Waals surface area contributed by atoms with Gasteiger partial charge in [0, 0.05) is 6.04 Å². The first-order chi connectivity index (χ1) is 6.76. The molecule has 1 aliphatic rings. The lowest BCUT2D eigenvalue weighted by molar-refractivity contribution is 0.494. The maximum Gasteiger partial charge on any atom is 0.216 e. The fourth-order valence-electron chi connectivity index (χ4n) is 1.95. The monoisotopic (exact) mass is 233 g/mol. The van der Waals surface area contributed by atoms with Gasteiger partial charge < -0.3 is 0 Å². The molecule has 0 aromatic carbocycles. The van der Waals surface area contributed by atoms with E-state index in [2.05, 4.69) is 11.6 Å².